The van der Waals surface area contributed by atoms with Gasteiger partial charge in [-0.1, -0.05) is 69.9 Å². The van der Waals surface area contributed by atoms with Crippen LogP contribution in [-0.4, -0.2) is 80.4 Å². The number of carbonyl (C=O) groups is 3. The predicted molar refractivity (Wildman–Crippen MR) is 210 cm³/mol. The first-order chi connectivity index (χ1) is 26.4. The number of cyclic esters (lactones) is 1. The normalized spacial score (nSPS) is 16.2. The van der Waals surface area contributed by atoms with Gasteiger partial charge < -0.3 is 24.3 Å². The highest BCUT2D eigenvalue weighted by atomic mass is 32.2. The van der Waals surface area contributed by atoms with E-state index in [1.807, 2.05) is 6.07 Å². The van der Waals surface area contributed by atoms with Crippen LogP contribution < -0.4 is 19.5 Å². The Kier molecular flexibility index (Phi) is 13.5. The number of amides is 3. The second-order valence-corrected chi connectivity index (χ2v) is 15.9. The van der Waals surface area contributed by atoms with Gasteiger partial charge in [0.25, 0.3) is 21.8 Å². The van der Waals surface area contributed by atoms with Crippen molar-refractivity contribution in [3.05, 3.63) is 71.8 Å². The molecule has 0 aromatic heterocycles. The van der Waals surface area contributed by atoms with Crippen LogP contribution in [0.2, 0.25) is 0 Å². The summed E-state index contributed by atoms with van der Waals surface area (Å²) < 4.78 is 52.5. The van der Waals surface area contributed by atoms with E-state index in [2.05, 4.69) is 36.3 Å². The Labute approximate surface area is 324 Å². The minimum absolute atomic E-state index is 0.0488. The van der Waals surface area contributed by atoms with Crippen molar-refractivity contribution in [3.8, 4) is 17.2 Å². The highest BCUT2D eigenvalue weighted by Gasteiger charge is 2.55. The zero-order valence-electron chi connectivity index (χ0n) is 32.6. The first kappa shape index (κ1) is 41.1. The van der Waals surface area contributed by atoms with Crippen LogP contribution in [0.4, 0.5) is 16.2 Å². The molecule has 3 amide bonds. The molecule has 0 bridgehead atoms. The van der Waals surface area contributed by atoms with Gasteiger partial charge in [-0.05, 0) is 81.0 Å². The molecule has 2 heterocycles. The Morgan fingerprint density at radius 2 is 1.55 bits per heavy atom. The SMILES string of the molecule is CCCCCc1ccc(OCCCN2C(C(C(=O)Nc3c(OC)cccc3OC)N3C(=O)OC(C)(C)C3=O)=Nc3ccccc3S2(=O)=O)c(CCCCC)c1. The second-order valence-electron chi connectivity index (χ2n) is 14.1. The topological polar surface area (TPSA) is 153 Å². The van der Waals surface area contributed by atoms with E-state index in [-0.39, 0.29) is 53.2 Å². The van der Waals surface area contributed by atoms with Gasteiger partial charge >= 0.3 is 6.09 Å². The number of ether oxygens (including phenoxy) is 4. The van der Waals surface area contributed by atoms with Gasteiger partial charge in [-0.3, -0.25) is 13.9 Å². The van der Waals surface area contributed by atoms with E-state index in [0.717, 1.165) is 60.6 Å². The molecule has 0 radical (unpaired) electrons. The fourth-order valence-corrected chi connectivity index (χ4v) is 8.33. The van der Waals surface area contributed by atoms with E-state index >= 15 is 0 Å². The fraction of sp³-hybridized carbons (Fsp3) is 0.463. The Morgan fingerprint density at radius 3 is 2.18 bits per heavy atom. The molecule has 13 nitrogen and oxygen atoms in total. The molecule has 0 spiro atoms. The number of sulfonamides is 1. The Morgan fingerprint density at radius 1 is 0.873 bits per heavy atom. The van der Waals surface area contributed by atoms with E-state index in [4.69, 9.17) is 18.9 Å². The molecule has 5 rings (SSSR count). The van der Waals surface area contributed by atoms with Crippen molar-refractivity contribution in [2.75, 3.05) is 32.7 Å². The zero-order valence-corrected chi connectivity index (χ0v) is 33.4. The molecule has 1 fully saturated rings. The molecule has 1 N–H and O–H groups in total. The van der Waals surface area contributed by atoms with Gasteiger partial charge in [-0.15, -0.1) is 0 Å². The van der Waals surface area contributed by atoms with Crippen LogP contribution in [0.25, 0.3) is 0 Å². The van der Waals surface area contributed by atoms with Crippen molar-refractivity contribution in [2.45, 2.75) is 102 Å². The summed E-state index contributed by atoms with van der Waals surface area (Å²) in [5, 5.41) is 2.71. The Hall–Kier alpha value is -5.11. The van der Waals surface area contributed by atoms with Gasteiger partial charge in [0.05, 0.1) is 26.5 Å². The minimum Gasteiger partial charge on any atom is -0.494 e. The summed E-state index contributed by atoms with van der Waals surface area (Å²) in [4.78, 5) is 47.0. The summed E-state index contributed by atoms with van der Waals surface area (Å²) in [6, 6.07) is 15.3. The first-order valence-corrected chi connectivity index (χ1v) is 20.3. The molecular formula is C41H52N4O9S. The first-order valence-electron chi connectivity index (χ1n) is 18.9. The number of hydrogen-bond donors (Lipinski definition) is 1. The third-order valence-electron chi connectivity index (χ3n) is 9.63. The van der Waals surface area contributed by atoms with Crippen molar-refractivity contribution in [2.24, 2.45) is 4.99 Å². The number of methoxy groups -OCH3 is 2. The highest BCUT2D eigenvalue weighted by Crippen LogP contribution is 2.38. The summed E-state index contributed by atoms with van der Waals surface area (Å²) in [6.45, 7) is 7.09. The standard InChI is InChI=1S/C41H52N4O9S/c1-7-9-11-17-28-23-24-31(29(27-28)18-12-10-8-2)53-26-16-25-44-37(42-30-19-13-14-22-34(30)55(44,49)50)36(45-39(47)41(3,4)54-40(45)48)38(46)43-35-32(51-5)20-15-21-33(35)52-6/h13-15,19-24,27,36H,7-12,16-18,25-26H2,1-6H3,(H,43,46). The van der Waals surface area contributed by atoms with E-state index in [1.165, 1.54) is 52.2 Å². The largest absolute Gasteiger partial charge is 0.494 e. The van der Waals surface area contributed by atoms with Gasteiger partial charge in [0.15, 0.2) is 17.5 Å². The lowest BCUT2D eigenvalue weighted by atomic mass is 10.00. The maximum Gasteiger partial charge on any atom is 0.418 e. The molecule has 3 aromatic carbocycles. The molecule has 1 saturated heterocycles. The van der Waals surface area contributed by atoms with Crippen LogP contribution >= 0.6 is 0 Å². The summed E-state index contributed by atoms with van der Waals surface area (Å²) in [6.07, 6.45) is 7.56. The third-order valence-corrected chi connectivity index (χ3v) is 11.5. The lowest BCUT2D eigenvalue weighted by Crippen LogP contribution is -2.59. The fourth-order valence-electron chi connectivity index (χ4n) is 6.70. The number of nitrogens with one attached hydrogen (secondary N) is 1. The lowest BCUT2D eigenvalue weighted by molar-refractivity contribution is -0.137. The molecule has 55 heavy (non-hydrogen) atoms. The number of aliphatic imine (C=N–C) groups is 1. The molecular weight excluding hydrogens is 725 g/mol. The number of fused-ring (bicyclic) bond motifs is 1. The third kappa shape index (κ3) is 9.07. The van der Waals surface area contributed by atoms with Gasteiger partial charge in [0, 0.05) is 13.0 Å². The summed E-state index contributed by atoms with van der Waals surface area (Å²) in [7, 11) is -1.55. The van der Waals surface area contributed by atoms with Crippen LogP contribution in [0, 0.1) is 0 Å². The average molecular weight is 777 g/mol. The minimum atomic E-state index is -4.36. The van der Waals surface area contributed by atoms with Crippen LogP contribution in [0.15, 0.2) is 70.6 Å². The molecule has 14 heteroatoms. The number of rotatable bonds is 19. The van der Waals surface area contributed by atoms with E-state index in [9.17, 15) is 22.8 Å². The molecule has 0 saturated carbocycles. The van der Waals surface area contributed by atoms with Gasteiger partial charge in [-0.25, -0.2) is 23.1 Å². The van der Waals surface area contributed by atoms with Crippen molar-refractivity contribution >= 4 is 45.1 Å². The maximum atomic E-state index is 14.5. The molecule has 296 valence electrons. The zero-order chi connectivity index (χ0) is 39.8. The van der Waals surface area contributed by atoms with Crippen LogP contribution in [0.3, 0.4) is 0 Å². The molecule has 2 aliphatic rings. The number of aryl methyl sites for hydroxylation is 2. The van der Waals surface area contributed by atoms with E-state index in [1.54, 1.807) is 30.3 Å². The van der Waals surface area contributed by atoms with Crippen LogP contribution in [-0.2, 0) is 37.2 Å². The Bertz CT molecular complexity index is 1990. The van der Waals surface area contributed by atoms with Crippen molar-refractivity contribution in [1.29, 1.82) is 0 Å². The second kappa shape index (κ2) is 18.0. The number of para-hydroxylation sites is 2. The number of hydrogen-bond acceptors (Lipinski definition) is 10. The van der Waals surface area contributed by atoms with Gasteiger partial charge in [0.2, 0.25) is 0 Å². The van der Waals surface area contributed by atoms with Crippen molar-refractivity contribution in [1.82, 2.24) is 9.21 Å². The number of unbranched alkanes of at least 4 members (excludes halogenated alkanes) is 4. The molecule has 3 aromatic rings. The molecule has 2 aliphatic heterocycles. The smallest absolute Gasteiger partial charge is 0.418 e. The number of carbonyl (C=O) groups excluding carboxylic acids is 3. The van der Waals surface area contributed by atoms with Crippen LogP contribution in [0.5, 0.6) is 17.2 Å². The lowest BCUT2D eigenvalue weighted by Gasteiger charge is -2.35. The molecule has 1 unspecified atom stereocenters. The van der Waals surface area contributed by atoms with E-state index < -0.39 is 39.6 Å². The van der Waals surface area contributed by atoms with E-state index in [0.29, 0.717) is 4.90 Å². The number of imide groups is 1. The predicted octanol–water partition coefficient (Wildman–Crippen LogP) is 7.44. The van der Waals surface area contributed by atoms with Gasteiger partial charge in [0.1, 0.15) is 27.8 Å². The average Bonchev–Trinajstić information content (AvgIpc) is 3.36. The monoisotopic (exact) mass is 776 g/mol. The van der Waals surface area contributed by atoms with Gasteiger partial charge in [-0.2, -0.15) is 0 Å². The van der Waals surface area contributed by atoms with Crippen molar-refractivity contribution < 1.29 is 41.7 Å². The Balaban J connectivity index is 1.50. The number of benzene rings is 3. The quantitative estimate of drug-likeness (QED) is 0.122. The number of amidine groups is 1. The summed E-state index contributed by atoms with van der Waals surface area (Å²) >= 11 is 0. The molecule has 1 atom stereocenters. The number of nitrogens with zero attached hydrogens (tertiary/aromatic N) is 3. The maximum absolute atomic E-state index is 14.5. The summed E-state index contributed by atoms with van der Waals surface area (Å²) in [5.74, 6) is -0.960. The molecule has 0 aliphatic carbocycles. The van der Waals surface area contributed by atoms with Crippen molar-refractivity contribution in [3.63, 3.8) is 0 Å². The van der Waals surface area contributed by atoms with Crippen LogP contribution in [0.1, 0.15) is 83.8 Å². The summed E-state index contributed by atoms with van der Waals surface area (Å²) in [5.41, 5.74) is 0.893. The number of anilines is 1. The highest BCUT2D eigenvalue weighted by molar-refractivity contribution is 7.90.